The van der Waals surface area contributed by atoms with E-state index < -0.39 is 0 Å². The molecule has 3 heteroatoms. The third kappa shape index (κ3) is 2.76. The van der Waals surface area contributed by atoms with Crippen LogP contribution in [0.25, 0.3) is 16.8 Å². The molecule has 1 aromatic heterocycles. The van der Waals surface area contributed by atoms with Gasteiger partial charge in [0, 0.05) is 5.56 Å². The van der Waals surface area contributed by atoms with Gasteiger partial charge in [0.15, 0.2) is 0 Å². The van der Waals surface area contributed by atoms with Crippen LogP contribution in [-0.4, -0.2) is 15.0 Å². The van der Waals surface area contributed by atoms with E-state index in [1.807, 2.05) is 0 Å². The molecule has 0 radical (unpaired) electrons. The minimum absolute atomic E-state index is 0.344. The average Bonchev–Trinajstić information content (AvgIpc) is 3.01. The van der Waals surface area contributed by atoms with E-state index in [-0.39, 0.29) is 0 Å². The van der Waals surface area contributed by atoms with Crippen LogP contribution in [0.5, 0.6) is 0 Å². The fourth-order valence-electron chi connectivity index (χ4n) is 3.27. The molecule has 23 heavy (non-hydrogen) atoms. The molecule has 1 heterocycles. The van der Waals surface area contributed by atoms with E-state index in [1.54, 1.807) is 0 Å². The van der Waals surface area contributed by atoms with Crippen molar-refractivity contribution in [2.24, 2.45) is 0 Å². The summed E-state index contributed by atoms with van der Waals surface area (Å²) in [5.41, 5.74) is 7.49. The monoisotopic (exact) mass is 307 g/mol. The molecule has 120 valence electrons. The predicted molar refractivity (Wildman–Crippen MR) is 96.2 cm³/mol. The summed E-state index contributed by atoms with van der Waals surface area (Å²) in [6.07, 6.45) is 7.48. The second-order valence-electron chi connectivity index (χ2n) is 6.30. The fraction of sp³-hybridized carbons (Fsp3) is 0.400. The van der Waals surface area contributed by atoms with Crippen LogP contribution < -0.4 is 0 Å². The number of fused-ring (bicyclic) bond motifs is 3. The van der Waals surface area contributed by atoms with Gasteiger partial charge in [-0.15, -0.1) is 5.10 Å². The molecule has 1 atom stereocenters. The zero-order valence-electron chi connectivity index (χ0n) is 14.5. The highest BCUT2D eigenvalue weighted by atomic mass is 15.4. The van der Waals surface area contributed by atoms with Gasteiger partial charge in [-0.2, -0.15) is 0 Å². The molecule has 1 aromatic carbocycles. The first kappa shape index (κ1) is 15.7. The second kappa shape index (κ2) is 6.53. The van der Waals surface area contributed by atoms with Crippen LogP contribution >= 0.6 is 0 Å². The number of allylic oxidation sites excluding steroid dienone is 4. The Labute approximate surface area is 138 Å². The Kier molecular flexibility index (Phi) is 4.46. The minimum atomic E-state index is 0.344. The standard InChI is InChI=1S/C20H25N3/c1-5-9-16-12-13-17-10-7-8-11-18(17)20-19(15(16)4)21-22-23(20)14(3)6-2/h5,7-11,14H,6,12-13H2,1-4H3/b9-5-,16-15-. The highest BCUT2D eigenvalue weighted by molar-refractivity contribution is 5.81. The van der Waals surface area contributed by atoms with Gasteiger partial charge in [0.25, 0.3) is 0 Å². The van der Waals surface area contributed by atoms with Crippen molar-refractivity contribution in [3.05, 3.63) is 53.2 Å². The lowest BCUT2D eigenvalue weighted by Crippen LogP contribution is -2.10. The third-order valence-corrected chi connectivity index (χ3v) is 4.84. The number of aryl methyl sites for hydroxylation is 1. The first-order valence-electron chi connectivity index (χ1n) is 8.53. The third-order valence-electron chi connectivity index (χ3n) is 4.84. The zero-order valence-corrected chi connectivity index (χ0v) is 14.5. The van der Waals surface area contributed by atoms with Gasteiger partial charge >= 0.3 is 0 Å². The Morgan fingerprint density at radius 1 is 1.26 bits per heavy atom. The van der Waals surface area contributed by atoms with E-state index in [9.17, 15) is 0 Å². The molecule has 3 nitrogen and oxygen atoms in total. The highest BCUT2D eigenvalue weighted by Crippen LogP contribution is 2.37. The zero-order chi connectivity index (χ0) is 16.4. The summed E-state index contributed by atoms with van der Waals surface area (Å²) < 4.78 is 2.11. The maximum Gasteiger partial charge on any atom is 0.117 e. The van der Waals surface area contributed by atoms with Crippen molar-refractivity contribution < 1.29 is 0 Å². The van der Waals surface area contributed by atoms with E-state index in [0.717, 1.165) is 25.0 Å². The van der Waals surface area contributed by atoms with Crippen LogP contribution in [0.4, 0.5) is 0 Å². The van der Waals surface area contributed by atoms with Crippen LogP contribution in [0, 0.1) is 0 Å². The Morgan fingerprint density at radius 2 is 2.04 bits per heavy atom. The van der Waals surface area contributed by atoms with Gasteiger partial charge in [-0.25, -0.2) is 4.68 Å². The van der Waals surface area contributed by atoms with Crippen molar-refractivity contribution in [3.63, 3.8) is 0 Å². The molecule has 0 spiro atoms. The van der Waals surface area contributed by atoms with Gasteiger partial charge in [0.05, 0.1) is 11.7 Å². The quantitative estimate of drug-likeness (QED) is 0.779. The molecule has 2 aromatic rings. The SMILES string of the molecule is C/C=C\C1=C(/C)c2nnn(C(C)CC)c2-c2ccccc2CC1. The molecule has 0 bridgehead atoms. The first-order chi connectivity index (χ1) is 11.2. The van der Waals surface area contributed by atoms with E-state index in [2.05, 4.69) is 79.1 Å². The van der Waals surface area contributed by atoms with Gasteiger partial charge < -0.3 is 0 Å². The summed E-state index contributed by atoms with van der Waals surface area (Å²) in [7, 11) is 0. The largest absolute Gasteiger partial charge is 0.241 e. The molecule has 0 N–H and O–H groups in total. The summed E-state index contributed by atoms with van der Waals surface area (Å²) in [6, 6.07) is 9.04. The van der Waals surface area contributed by atoms with Crippen LogP contribution in [-0.2, 0) is 6.42 Å². The van der Waals surface area contributed by atoms with Crippen LogP contribution in [0.3, 0.4) is 0 Å². The Bertz CT molecular complexity index is 765. The number of aromatic nitrogens is 3. The molecule has 0 aliphatic heterocycles. The lowest BCUT2D eigenvalue weighted by atomic mass is 9.89. The number of rotatable bonds is 3. The summed E-state index contributed by atoms with van der Waals surface area (Å²) >= 11 is 0. The summed E-state index contributed by atoms with van der Waals surface area (Å²) in [4.78, 5) is 0. The number of nitrogens with zero attached hydrogens (tertiary/aromatic N) is 3. The van der Waals surface area contributed by atoms with Crippen molar-refractivity contribution in [2.75, 3.05) is 0 Å². The van der Waals surface area contributed by atoms with Crippen LogP contribution in [0.1, 0.15) is 57.8 Å². The predicted octanol–water partition coefficient (Wildman–Crippen LogP) is 5.21. The van der Waals surface area contributed by atoms with Gasteiger partial charge in [-0.3, -0.25) is 0 Å². The molecule has 0 saturated heterocycles. The van der Waals surface area contributed by atoms with Crippen molar-refractivity contribution in [1.82, 2.24) is 15.0 Å². The fourth-order valence-corrected chi connectivity index (χ4v) is 3.27. The minimum Gasteiger partial charge on any atom is -0.241 e. The van der Waals surface area contributed by atoms with Crippen LogP contribution in [0.2, 0.25) is 0 Å². The normalized spacial score (nSPS) is 19.1. The summed E-state index contributed by atoms with van der Waals surface area (Å²) in [5.74, 6) is 0. The average molecular weight is 307 g/mol. The van der Waals surface area contributed by atoms with Gasteiger partial charge in [-0.1, -0.05) is 48.6 Å². The topological polar surface area (TPSA) is 30.7 Å². The van der Waals surface area contributed by atoms with E-state index in [1.165, 1.54) is 28.0 Å². The maximum atomic E-state index is 4.56. The molecule has 1 aliphatic carbocycles. The Hall–Kier alpha value is -2.16. The number of hydrogen-bond acceptors (Lipinski definition) is 2. The lowest BCUT2D eigenvalue weighted by Gasteiger charge is -2.19. The highest BCUT2D eigenvalue weighted by Gasteiger charge is 2.24. The molecule has 0 fully saturated rings. The Balaban J connectivity index is 2.30. The second-order valence-corrected chi connectivity index (χ2v) is 6.30. The van der Waals surface area contributed by atoms with E-state index >= 15 is 0 Å². The number of benzene rings is 1. The molecule has 3 rings (SSSR count). The Morgan fingerprint density at radius 3 is 2.78 bits per heavy atom. The van der Waals surface area contributed by atoms with Gasteiger partial charge in [0.2, 0.25) is 0 Å². The molecule has 1 aliphatic rings. The molecular weight excluding hydrogens is 282 g/mol. The summed E-state index contributed by atoms with van der Waals surface area (Å²) in [6.45, 7) is 8.66. The lowest BCUT2D eigenvalue weighted by molar-refractivity contribution is 0.468. The van der Waals surface area contributed by atoms with Gasteiger partial charge in [-0.05, 0) is 56.7 Å². The van der Waals surface area contributed by atoms with Crippen molar-refractivity contribution in [2.45, 2.75) is 53.0 Å². The van der Waals surface area contributed by atoms with E-state index in [0.29, 0.717) is 6.04 Å². The molecular formula is C20H25N3. The van der Waals surface area contributed by atoms with Gasteiger partial charge in [0.1, 0.15) is 5.69 Å². The molecule has 0 saturated carbocycles. The summed E-state index contributed by atoms with van der Waals surface area (Å²) in [5, 5.41) is 9.07. The smallest absolute Gasteiger partial charge is 0.117 e. The van der Waals surface area contributed by atoms with Crippen molar-refractivity contribution in [1.29, 1.82) is 0 Å². The molecule has 0 amide bonds. The van der Waals surface area contributed by atoms with E-state index in [4.69, 9.17) is 0 Å². The van der Waals surface area contributed by atoms with Crippen molar-refractivity contribution >= 4 is 5.57 Å². The maximum absolute atomic E-state index is 4.56. The first-order valence-corrected chi connectivity index (χ1v) is 8.53. The van der Waals surface area contributed by atoms with Crippen molar-refractivity contribution in [3.8, 4) is 11.3 Å². The molecule has 1 unspecified atom stereocenters. The van der Waals surface area contributed by atoms with Crippen LogP contribution in [0.15, 0.2) is 42.0 Å². The number of hydrogen-bond donors (Lipinski definition) is 0.